The Morgan fingerprint density at radius 2 is 1.39 bits per heavy atom. The van der Waals surface area contributed by atoms with Crippen LogP contribution in [0, 0.1) is 0 Å². The van der Waals surface area contributed by atoms with Crippen molar-refractivity contribution in [1.29, 1.82) is 0 Å². The van der Waals surface area contributed by atoms with Gasteiger partial charge in [-0.25, -0.2) is 4.79 Å². The van der Waals surface area contributed by atoms with Crippen molar-refractivity contribution in [2.24, 2.45) is 10.2 Å². The molecule has 0 fully saturated rings. The highest BCUT2D eigenvalue weighted by molar-refractivity contribution is 5.99. The fourth-order valence-electron chi connectivity index (χ4n) is 2.32. The Bertz CT molecular complexity index is 844. The van der Waals surface area contributed by atoms with Crippen LogP contribution in [0.5, 0.6) is 0 Å². The van der Waals surface area contributed by atoms with Gasteiger partial charge in [0.25, 0.3) is 0 Å². The van der Waals surface area contributed by atoms with E-state index in [-0.39, 0.29) is 5.56 Å². The van der Waals surface area contributed by atoms with E-state index >= 15 is 0 Å². The van der Waals surface area contributed by atoms with Gasteiger partial charge in [-0.2, -0.15) is 5.11 Å². The van der Waals surface area contributed by atoms with Gasteiger partial charge in [0, 0.05) is 5.56 Å². The second-order valence-corrected chi connectivity index (χ2v) is 4.91. The van der Waals surface area contributed by atoms with Crippen molar-refractivity contribution in [3.05, 3.63) is 84.4 Å². The fraction of sp³-hybridized carbons (Fsp3) is 0. The Morgan fingerprint density at radius 1 is 0.739 bits per heavy atom. The van der Waals surface area contributed by atoms with Crippen molar-refractivity contribution >= 4 is 17.3 Å². The lowest BCUT2D eigenvalue weighted by atomic mass is 9.98. The molecule has 0 heterocycles. The summed E-state index contributed by atoms with van der Waals surface area (Å²) in [4.78, 5) is 11.5. The summed E-state index contributed by atoms with van der Waals surface area (Å²) in [5.41, 5.74) is 2.82. The molecule has 3 aromatic carbocycles. The van der Waals surface area contributed by atoms with Gasteiger partial charge in [-0.15, -0.1) is 5.11 Å². The van der Waals surface area contributed by atoms with E-state index < -0.39 is 5.97 Å². The monoisotopic (exact) mass is 302 g/mol. The summed E-state index contributed by atoms with van der Waals surface area (Å²) in [6.45, 7) is 0. The molecule has 0 radical (unpaired) electrons. The van der Waals surface area contributed by atoms with Crippen LogP contribution in [0.2, 0.25) is 0 Å². The Balaban J connectivity index is 2.12. The highest BCUT2D eigenvalue weighted by atomic mass is 16.4. The molecule has 0 amide bonds. The van der Waals surface area contributed by atoms with Crippen molar-refractivity contribution in [1.82, 2.24) is 0 Å². The topological polar surface area (TPSA) is 62.0 Å². The van der Waals surface area contributed by atoms with E-state index in [1.54, 1.807) is 18.2 Å². The average Bonchev–Trinajstić information content (AvgIpc) is 2.61. The predicted octanol–water partition coefficient (Wildman–Crippen LogP) is 5.47. The van der Waals surface area contributed by atoms with Crippen LogP contribution in [0.25, 0.3) is 11.1 Å². The SMILES string of the molecule is O=C(O)c1cccc(N=Nc2ccccc2)c1-c1ccccc1. The van der Waals surface area contributed by atoms with E-state index in [1.165, 1.54) is 0 Å². The fourth-order valence-corrected chi connectivity index (χ4v) is 2.32. The molecule has 3 aromatic rings. The molecule has 0 aliphatic carbocycles. The molecule has 4 nitrogen and oxygen atoms in total. The molecular formula is C19H14N2O2. The second-order valence-electron chi connectivity index (χ2n) is 4.91. The molecule has 4 heteroatoms. The summed E-state index contributed by atoms with van der Waals surface area (Å²) in [6, 6.07) is 23.7. The standard InChI is InChI=1S/C19H14N2O2/c22-19(23)16-12-7-13-17(18(16)14-8-3-1-4-9-14)21-20-15-10-5-2-6-11-15/h1-13H,(H,22,23). The zero-order valence-electron chi connectivity index (χ0n) is 12.3. The number of hydrogen-bond acceptors (Lipinski definition) is 3. The van der Waals surface area contributed by atoms with E-state index in [0.29, 0.717) is 16.9 Å². The molecular weight excluding hydrogens is 288 g/mol. The highest BCUT2D eigenvalue weighted by Gasteiger charge is 2.15. The Kier molecular flexibility index (Phi) is 4.25. The van der Waals surface area contributed by atoms with Gasteiger partial charge in [-0.1, -0.05) is 54.6 Å². The average molecular weight is 302 g/mol. The number of benzene rings is 3. The number of aromatic carboxylic acids is 1. The highest BCUT2D eigenvalue weighted by Crippen LogP contribution is 2.34. The molecule has 1 N–H and O–H groups in total. The Hall–Kier alpha value is -3.27. The van der Waals surface area contributed by atoms with Crippen molar-refractivity contribution in [2.45, 2.75) is 0 Å². The van der Waals surface area contributed by atoms with E-state index in [2.05, 4.69) is 10.2 Å². The van der Waals surface area contributed by atoms with Crippen molar-refractivity contribution in [3.63, 3.8) is 0 Å². The number of hydrogen-bond donors (Lipinski definition) is 1. The van der Waals surface area contributed by atoms with Gasteiger partial charge in [0.15, 0.2) is 0 Å². The summed E-state index contributed by atoms with van der Waals surface area (Å²) >= 11 is 0. The minimum Gasteiger partial charge on any atom is -0.478 e. The van der Waals surface area contributed by atoms with E-state index in [9.17, 15) is 9.90 Å². The van der Waals surface area contributed by atoms with E-state index in [4.69, 9.17) is 0 Å². The second kappa shape index (κ2) is 6.66. The molecule has 0 saturated carbocycles. The van der Waals surface area contributed by atoms with Crippen LogP contribution in [0.3, 0.4) is 0 Å². The van der Waals surface area contributed by atoms with Crippen LogP contribution >= 0.6 is 0 Å². The lowest BCUT2D eigenvalue weighted by Gasteiger charge is -2.09. The number of nitrogens with zero attached hydrogens (tertiary/aromatic N) is 2. The smallest absolute Gasteiger partial charge is 0.336 e. The summed E-state index contributed by atoms with van der Waals surface area (Å²) in [7, 11) is 0. The number of carboxylic acids is 1. The minimum absolute atomic E-state index is 0.209. The summed E-state index contributed by atoms with van der Waals surface area (Å²) in [5, 5.41) is 17.9. The third-order valence-electron chi connectivity index (χ3n) is 3.36. The third kappa shape index (κ3) is 3.32. The Labute approximate surface area is 133 Å². The maximum atomic E-state index is 11.5. The van der Waals surface area contributed by atoms with Gasteiger partial charge in [-0.3, -0.25) is 0 Å². The molecule has 0 unspecified atom stereocenters. The predicted molar refractivity (Wildman–Crippen MR) is 89.5 cm³/mol. The van der Waals surface area contributed by atoms with Gasteiger partial charge < -0.3 is 5.11 Å². The number of carbonyl (C=O) groups is 1. The number of azo groups is 1. The first kappa shape index (κ1) is 14.7. The van der Waals surface area contributed by atoms with Crippen molar-refractivity contribution in [3.8, 4) is 11.1 Å². The lowest BCUT2D eigenvalue weighted by molar-refractivity contribution is 0.0698. The van der Waals surface area contributed by atoms with Crippen LogP contribution in [0.1, 0.15) is 10.4 Å². The minimum atomic E-state index is -0.986. The molecule has 0 aromatic heterocycles. The van der Waals surface area contributed by atoms with Crippen LogP contribution in [-0.4, -0.2) is 11.1 Å². The first-order chi connectivity index (χ1) is 11.3. The van der Waals surface area contributed by atoms with Gasteiger partial charge in [0.2, 0.25) is 0 Å². The van der Waals surface area contributed by atoms with E-state index in [0.717, 1.165) is 5.56 Å². The molecule has 112 valence electrons. The van der Waals surface area contributed by atoms with Gasteiger partial charge in [0.05, 0.1) is 16.9 Å². The zero-order chi connectivity index (χ0) is 16.1. The van der Waals surface area contributed by atoms with Gasteiger partial charge in [0.1, 0.15) is 0 Å². The molecule has 0 aliphatic heterocycles. The van der Waals surface area contributed by atoms with Gasteiger partial charge >= 0.3 is 5.97 Å². The van der Waals surface area contributed by atoms with Crippen LogP contribution < -0.4 is 0 Å². The number of rotatable bonds is 4. The largest absolute Gasteiger partial charge is 0.478 e. The first-order valence-electron chi connectivity index (χ1n) is 7.14. The molecule has 23 heavy (non-hydrogen) atoms. The quantitative estimate of drug-likeness (QED) is 0.650. The molecule has 0 saturated heterocycles. The molecule has 0 atom stereocenters. The molecule has 0 aliphatic rings. The van der Waals surface area contributed by atoms with Crippen LogP contribution in [0.4, 0.5) is 11.4 Å². The van der Waals surface area contributed by atoms with Crippen molar-refractivity contribution in [2.75, 3.05) is 0 Å². The zero-order valence-corrected chi connectivity index (χ0v) is 12.3. The summed E-state index contributed by atoms with van der Waals surface area (Å²) in [5.74, 6) is -0.986. The third-order valence-corrected chi connectivity index (χ3v) is 3.36. The van der Waals surface area contributed by atoms with E-state index in [1.807, 2.05) is 60.7 Å². The normalized spacial score (nSPS) is 10.8. The Morgan fingerprint density at radius 3 is 2.04 bits per heavy atom. The molecule has 0 spiro atoms. The molecule has 0 bridgehead atoms. The van der Waals surface area contributed by atoms with Gasteiger partial charge in [-0.05, 0) is 29.8 Å². The molecule has 3 rings (SSSR count). The number of carboxylic acid groups (broad SMARTS) is 1. The maximum absolute atomic E-state index is 11.5. The lowest BCUT2D eigenvalue weighted by Crippen LogP contribution is -1.99. The maximum Gasteiger partial charge on any atom is 0.336 e. The van der Waals surface area contributed by atoms with Crippen molar-refractivity contribution < 1.29 is 9.90 Å². The summed E-state index contributed by atoms with van der Waals surface area (Å²) in [6.07, 6.45) is 0. The van der Waals surface area contributed by atoms with Crippen LogP contribution in [-0.2, 0) is 0 Å². The first-order valence-corrected chi connectivity index (χ1v) is 7.14. The van der Waals surface area contributed by atoms with Crippen LogP contribution in [0.15, 0.2) is 89.1 Å². The summed E-state index contributed by atoms with van der Waals surface area (Å²) < 4.78 is 0.